The summed E-state index contributed by atoms with van der Waals surface area (Å²) in [6.07, 6.45) is 4.20. The molecule has 0 aliphatic heterocycles. The monoisotopic (exact) mass is 311 g/mol. The van der Waals surface area contributed by atoms with Crippen LogP contribution in [0.4, 0.5) is 0 Å². The number of rotatable bonds is 8. The van der Waals surface area contributed by atoms with Crippen LogP contribution in [0.25, 0.3) is 0 Å². The third-order valence-electron chi connectivity index (χ3n) is 3.81. The summed E-state index contributed by atoms with van der Waals surface area (Å²) in [7, 11) is 0. The van der Waals surface area contributed by atoms with Crippen LogP contribution in [0.15, 0.2) is 5.16 Å². The predicted octanol–water partition coefficient (Wildman–Crippen LogP) is 1.86. The van der Waals surface area contributed by atoms with Crippen molar-refractivity contribution in [1.82, 2.24) is 20.1 Å². The van der Waals surface area contributed by atoms with Gasteiger partial charge in [0.2, 0.25) is 5.91 Å². The highest BCUT2D eigenvalue weighted by atomic mass is 32.2. The van der Waals surface area contributed by atoms with Gasteiger partial charge in [-0.25, -0.2) is 0 Å². The molecule has 1 saturated carbocycles. The van der Waals surface area contributed by atoms with Gasteiger partial charge in [-0.15, -0.1) is 10.2 Å². The summed E-state index contributed by atoms with van der Waals surface area (Å²) in [5.41, 5.74) is 5.71. The fourth-order valence-electron chi connectivity index (χ4n) is 2.25. The molecule has 1 atom stereocenters. The molecule has 1 aliphatic rings. The Labute approximate surface area is 130 Å². The lowest BCUT2D eigenvalue weighted by Gasteiger charge is -2.18. The molecular formula is C14H25N5OS. The zero-order valence-electron chi connectivity index (χ0n) is 13.0. The van der Waals surface area contributed by atoms with Crippen LogP contribution < -0.4 is 11.1 Å². The number of carbonyl (C=O) groups excluding carboxylic acids is 1. The summed E-state index contributed by atoms with van der Waals surface area (Å²) in [4.78, 5) is 12.2. The number of nitrogens with two attached hydrogens (primary N) is 1. The van der Waals surface area contributed by atoms with Gasteiger partial charge in [0.15, 0.2) is 5.16 Å². The lowest BCUT2D eigenvalue weighted by atomic mass is 10.2. The van der Waals surface area contributed by atoms with Crippen molar-refractivity contribution in [1.29, 1.82) is 0 Å². The molecule has 0 spiro atoms. The van der Waals surface area contributed by atoms with Crippen LogP contribution in [0.3, 0.4) is 0 Å². The summed E-state index contributed by atoms with van der Waals surface area (Å²) < 4.78 is 2.10. The first-order chi connectivity index (χ1) is 10.1. The Morgan fingerprint density at radius 2 is 2.10 bits per heavy atom. The maximum Gasteiger partial charge on any atom is 0.233 e. The number of amides is 1. The molecule has 2 rings (SSSR count). The predicted molar refractivity (Wildman–Crippen MR) is 84.0 cm³/mol. The van der Waals surface area contributed by atoms with E-state index in [2.05, 4.69) is 33.9 Å². The summed E-state index contributed by atoms with van der Waals surface area (Å²) >= 11 is 1.47. The van der Waals surface area contributed by atoms with Crippen LogP contribution >= 0.6 is 11.8 Å². The van der Waals surface area contributed by atoms with Gasteiger partial charge in [-0.1, -0.05) is 25.6 Å². The number of aromatic nitrogens is 3. The van der Waals surface area contributed by atoms with E-state index in [-0.39, 0.29) is 17.2 Å². The van der Waals surface area contributed by atoms with Crippen LogP contribution in [0, 0.1) is 0 Å². The van der Waals surface area contributed by atoms with E-state index < -0.39 is 0 Å². The average Bonchev–Trinajstić information content (AvgIpc) is 3.25. The Balaban J connectivity index is 2.00. The van der Waals surface area contributed by atoms with Crippen molar-refractivity contribution in [2.75, 3.05) is 0 Å². The molecule has 21 heavy (non-hydrogen) atoms. The minimum atomic E-state index is -0.182. The summed E-state index contributed by atoms with van der Waals surface area (Å²) in [5.74, 6) is 0.876. The summed E-state index contributed by atoms with van der Waals surface area (Å²) in [6.45, 7) is 6.47. The first-order valence-corrected chi connectivity index (χ1v) is 8.59. The number of nitrogens with zero attached hydrogens (tertiary/aromatic N) is 3. The Bertz CT molecular complexity index is 482. The quantitative estimate of drug-likeness (QED) is 0.716. The molecule has 1 amide bonds. The number of nitrogens with one attached hydrogen (secondary N) is 1. The van der Waals surface area contributed by atoms with Crippen molar-refractivity contribution < 1.29 is 4.79 Å². The molecule has 6 nitrogen and oxygen atoms in total. The highest BCUT2D eigenvalue weighted by molar-refractivity contribution is 8.00. The molecular weight excluding hydrogens is 286 g/mol. The number of carbonyl (C=O) groups is 1. The van der Waals surface area contributed by atoms with Crippen molar-refractivity contribution in [3.05, 3.63) is 5.82 Å². The molecule has 1 aromatic rings. The summed E-state index contributed by atoms with van der Waals surface area (Å²) in [5, 5.41) is 12.1. The standard InChI is InChI=1S/C14H25N5OS/c1-4-10(5-2)16-13(20)9(3)21-14-18-17-12(8-15)19(14)11-6-7-11/h9-11H,4-8,15H2,1-3H3,(H,16,20). The van der Waals surface area contributed by atoms with Crippen molar-refractivity contribution in [2.45, 2.75) is 75.5 Å². The molecule has 0 saturated heterocycles. The second-order valence-corrected chi connectivity index (χ2v) is 6.79. The highest BCUT2D eigenvalue weighted by Crippen LogP contribution is 2.39. The molecule has 1 heterocycles. The van der Waals surface area contributed by atoms with Gasteiger partial charge in [0.1, 0.15) is 5.82 Å². The molecule has 0 radical (unpaired) electrons. The molecule has 3 N–H and O–H groups in total. The third-order valence-corrected chi connectivity index (χ3v) is 4.87. The maximum absolute atomic E-state index is 12.2. The van der Waals surface area contributed by atoms with E-state index in [4.69, 9.17) is 5.73 Å². The third kappa shape index (κ3) is 3.97. The Hall–Kier alpha value is -1.08. The van der Waals surface area contributed by atoms with E-state index in [9.17, 15) is 4.79 Å². The Morgan fingerprint density at radius 3 is 2.62 bits per heavy atom. The molecule has 7 heteroatoms. The van der Waals surface area contributed by atoms with Crippen molar-refractivity contribution >= 4 is 17.7 Å². The first kappa shape index (κ1) is 16.3. The average molecular weight is 311 g/mol. The zero-order valence-corrected chi connectivity index (χ0v) is 13.8. The van der Waals surface area contributed by atoms with Gasteiger partial charge in [0.05, 0.1) is 11.8 Å². The normalized spacial score (nSPS) is 16.2. The molecule has 1 aromatic heterocycles. The highest BCUT2D eigenvalue weighted by Gasteiger charge is 2.30. The molecule has 0 aromatic carbocycles. The van der Waals surface area contributed by atoms with Gasteiger partial charge in [0.25, 0.3) is 0 Å². The SMILES string of the molecule is CCC(CC)NC(=O)C(C)Sc1nnc(CN)n1C1CC1. The molecule has 118 valence electrons. The van der Waals surface area contributed by atoms with Gasteiger partial charge in [0, 0.05) is 12.1 Å². The van der Waals surface area contributed by atoms with Crippen LogP contribution in [0.5, 0.6) is 0 Å². The Morgan fingerprint density at radius 1 is 1.43 bits per heavy atom. The number of hydrogen-bond acceptors (Lipinski definition) is 5. The van der Waals surface area contributed by atoms with Gasteiger partial charge in [-0.2, -0.15) is 0 Å². The maximum atomic E-state index is 12.2. The van der Waals surface area contributed by atoms with E-state index in [1.54, 1.807) is 0 Å². The van der Waals surface area contributed by atoms with Crippen molar-refractivity contribution in [3.8, 4) is 0 Å². The van der Waals surface area contributed by atoms with Gasteiger partial charge < -0.3 is 15.6 Å². The van der Waals surface area contributed by atoms with E-state index in [1.165, 1.54) is 11.8 Å². The topological polar surface area (TPSA) is 85.8 Å². The van der Waals surface area contributed by atoms with Crippen LogP contribution in [0.1, 0.15) is 58.3 Å². The molecule has 1 fully saturated rings. The lowest BCUT2D eigenvalue weighted by Crippen LogP contribution is -2.38. The van der Waals surface area contributed by atoms with E-state index >= 15 is 0 Å². The van der Waals surface area contributed by atoms with Crippen LogP contribution in [0.2, 0.25) is 0 Å². The minimum Gasteiger partial charge on any atom is -0.352 e. The van der Waals surface area contributed by atoms with E-state index in [0.717, 1.165) is 36.7 Å². The van der Waals surface area contributed by atoms with Crippen molar-refractivity contribution in [2.24, 2.45) is 5.73 Å². The Kier molecular flexibility index (Phi) is 5.64. The fraction of sp³-hybridized carbons (Fsp3) is 0.786. The first-order valence-electron chi connectivity index (χ1n) is 7.71. The molecule has 1 unspecified atom stereocenters. The van der Waals surface area contributed by atoms with Gasteiger partial charge in [-0.05, 0) is 32.6 Å². The van der Waals surface area contributed by atoms with Crippen LogP contribution in [-0.4, -0.2) is 32.0 Å². The smallest absolute Gasteiger partial charge is 0.233 e. The number of thioether (sulfide) groups is 1. The molecule has 1 aliphatic carbocycles. The molecule has 0 bridgehead atoms. The number of hydrogen-bond donors (Lipinski definition) is 2. The van der Waals surface area contributed by atoms with Gasteiger partial charge in [-0.3, -0.25) is 4.79 Å². The zero-order chi connectivity index (χ0) is 15.4. The summed E-state index contributed by atoms with van der Waals surface area (Å²) in [6, 6.07) is 0.719. The van der Waals surface area contributed by atoms with Crippen molar-refractivity contribution in [3.63, 3.8) is 0 Å². The largest absolute Gasteiger partial charge is 0.352 e. The van der Waals surface area contributed by atoms with E-state index in [1.807, 2.05) is 6.92 Å². The van der Waals surface area contributed by atoms with E-state index in [0.29, 0.717) is 12.6 Å². The fourth-order valence-corrected chi connectivity index (χ4v) is 3.20. The second-order valence-electron chi connectivity index (χ2n) is 5.49. The van der Waals surface area contributed by atoms with Crippen LogP contribution in [-0.2, 0) is 11.3 Å². The second kappa shape index (κ2) is 7.26. The van der Waals surface area contributed by atoms with Gasteiger partial charge >= 0.3 is 0 Å². The minimum absolute atomic E-state index is 0.0633. The lowest BCUT2D eigenvalue weighted by molar-refractivity contribution is -0.121.